The first-order chi connectivity index (χ1) is 5.66. The van der Waals surface area contributed by atoms with Gasteiger partial charge in [0.2, 0.25) is 6.41 Å². The number of carbonyl (C=O) groups is 1. The number of halogens is 2. The lowest BCUT2D eigenvalue weighted by Crippen LogP contribution is -2.14. The zero-order valence-electron chi connectivity index (χ0n) is 6.42. The van der Waals surface area contributed by atoms with Crippen LogP contribution in [0.25, 0.3) is 0 Å². The number of rotatable bonds is 2. The number of hydrogen-bond acceptors (Lipinski definition) is 1. The lowest BCUT2D eigenvalue weighted by molar-refractivity contribution is -0.107. The van der Waals surface area contributed by atoms with Crippen molar-refractivity contribution in [2.75, 3.05) is 11.9 Å². The fourth-order valence-electron chi connectivity index (χ4n) is 0.879. The number of para-hydroxylation sites is 1. The van der Waals surface area contributed by atoms with Crippen LogP contribution in [-0.2, 0) is 4.79 Å². The number of nitrogens with zero attached hydrogens (tertiary/aromatic N) is 1. The number of hydrogen-bond donors (Lipinski definition) is 0. The van der Waals surface area contributed by atoms with Crippen LogP contribution in [0, 0.1) is 0 Å². The van der Waals surface area contributed by atoms with E-state index >= 15 is 0 Å². The van der Waals surface area contributed by atoms with E-state index in [2.05, 4.69) is 0 Å². The Balaban J connectivity index is 3.20. The van der Waals surface area contributed by atoms with E-state index in [9.17, 15) is 4.79 Å². The van der Waals surface area contributed by atoms with Crippen LogP contribution in [0.4, 0.5) is 5.69 Å². The Morgan fingerprint density at radius 1 is 1.33 bits per heavy atom. The molecule has 0 aliphatic carbocycles. The second kappa shape index (κ2) is 3.78. The van der Waals surface area contributed by atoms with Crippen molar-refractivity contribution in [3.8, 4) is 0 Å². The molecule has 0 spiro atoms. The third-order valence-electron chi connectivity index (χ3n) is 1.45. The third kappa shape index (κ3) is 1.71. The third-order valence-corrected chi connectivity index (χ3v) is 2.06. The number of anilines is 1. The Labute approximate surface area is 80.7 Å². The fourth-order valence-corrected chi connectivity index (χ4v) is 1.54. The lowest BCUT2D eigenvalue weighted by atomic mass is 10.3. The summed E-state index contributed by atoms with van der Waals surface area (Å²) in [5, 5.41) is 0.939. The van der Waals surface area contributed by atoms with E-state index < -0.39 is 0 Å². The summed E-state index contributed by atoms with van der Waals surface area (Å²) in [6, 6.07) is 5.10. The van der Waals surface area contributed by atoms with Crippen LogP contribution in [-0.4, -0.2) is 13.5 Å². The minimum Gasteiger partial charge on any atom is -0.315 e. The second-order valence-electron chi connectivity index (χ2n) is 2.29. The highest BCUT2D eigenvalue weighted by molar-refractivity contribution is 6.39. The highest BCUT2D eigenvalue weighted by Crippen LogP contribution is 2.31. The molecular weight excluding hydrogens is 197 g/mol. The summed E-state index contributed by atoms with van der Waals surface area (Å²) in [6.45, 7) is 0. The van der Waals surface area contributed by atoms with E-state index in [1.165, 1.54) is 4.90 Å². The zero-order chi connectivity index (χ0) is 9.14. The Bertz CT molecular complexity index is 281. The Morgan fingerprint density at radius 2 is 1.83 bits per heavy atom. The standard InChI is InChI=1S/C8H7Cl2NO/c1-11(5-12)8-6(9)3-2-4-7(8)10/h2-5H,1H3. The van der Waals surface area contributed by atoms with Crippen molar-refractivity contribution in [1.29, 1.82) is 0 Å². The maximum Gasteiger partial charge on any atom is 0.213 e. The molecule has 0 unspecified atom stereocenters. The molecule has 2 nitrogen and oxygen atoms in total. The molecule has 4 heteroatoms. The molecule has 0 atom stereocenters. The quantitative estimate of drug-likeness (QED) is 0.678. The molecule has 64 valence electrons. The van der Waals surface area contributed by atoms with Gasteiger partial charge in [-0.3, -0.25) is 4.79 Å². The van der Waals surface area contributed by atoms with Gasteiger partial charge in [0.25, 0.3) is 0 Å². The van der Waals surface area contributed by atoms with Gasteiger partial charge in [-0.1, -0.05) is 29.3 Å². The first-order valence-corrected chi connectivity index (χ1v) is 4.04. The van der Waals surface area contributed by atoms with Gasteiger partial charge in [-0.25, -0.2) is 0 Å². The van der Waals surface area contributed by atoms with Crippen molar-refractivity contribution in [3.63, 3.8) is 0 Å². The van der Waals surface area contributed by atoms with Gasteiger partial charge >= 0.3 is 0 Å². The summed E-state index contributed by atoms with van der Waals surface area (Å²) in [5.41, 5.74) is 0.538. The van der Waals surface area contributed by atoms with Crippen molar-refractivity contribution >= 4 is 35.3 Å². The largest absolute Gasteiger partial charge is 0.315 e. The average molecular weight is 204 g/mol. The van der Waals surface area contributed by atoms with Gasteiger partial charge in [0.15, 0.2) is 0 Å². The second-order valence-corrected chi connectivity index (χ2v) is 3.10. The van der Waals surface area contributed by atoms with Crippen LogP contribution in [0.2, 0.25) is 10.0 Å². The average Bonchev–Trinajstić information content (AvgIpc) is 2.03. The van der Waals surface area contributed by atoms with Crippen molar-refractivity contribution < 1.29 is 4.79 Å². The normalized spacial score (nSPS) is 9.58. The highest BCUT2D eigenvalue weighted by atomic mass is 35.5. The van der Waals surface area contributed by atoms with Gasteiger partial charge in [0, 0.05) is 7.05 Å². The van der Waals surface area contributed by atoms with Gasteiger partial charge in [-0.15, -0.1) is 0 Å². The molecule has 0 heterocycles. The molecule has 0 saturated heterocycles. The van der Waals surface area contributed by atoms with Crippen molar-refractivity contribution in [2.45, 2.75) is 0 Å². The highest BCUT2D eigenvalue weighted by Gasteiger charge is 2.08. The first kappa shape index (κ1) is 9.36. The van der Waals surface area contributed by atoms with E-state index in [0.717, 1.165) is 0 Å². The van der Waals surface area contributed by atoms with Crippen molar-refractivity contribution in [2.24, 2.45) is 0 Å². The summed E-state index contributed by atoms with van der Waals surface area (Å²) < 4.78 is 0. The monoisotopic (exact) mass is 203 g/mol. The van der Waals surface area contributed by atoms with E-state index in [-0.39, 0.29) is 0 Å². The maximum absolute atomic E-state index is 10.4. The van der Waals surface area contributed by atoms with E-state index in [0.29, 0.717) is 22.1 Å². The number of carbonyl (C=O) groups excluding carboxylic acids is 1. The molecule has 1 rings (SSSR count). The van der Waals surface area contributed by atoms with E-state index in [1.54, 1.807) is 25.2 Å². The molecule has 0 aromatic heterocycles. The summed E-state index contributed by atoms with van der Waals surface area (Å²) in [4.78, 5) is 11.8. The maximum atomic E-state index is 10.4. The molecule has 0 bridgehead atoms. The molecule has 0 aliphatic rings. The summed E-state index contributed by atoms with van der Waals surface area (Å²) in [5.74, 6) is 0. The van der Waals surface area contributed by atoms with Crippen LogP contribution >= 0.6 is 23.2 Å². The first-order valence-electron chi connectivity index (χ1n) is 3.29. The molecule has 1 amide bonds. The number of benzene rings is 1. The molecular formula is C8H7Cl2NO. The SMILES string of the molecule is CN(C=O)c1c(Cl)cccc1Cl. The van der Waals surface area contributed by atoms with E-state index in [1.807, 2.05) is 0 Å². The Kier molecular flexibility index (Phi) is 2.95. The summed E-state index contributed by atoms with van der Waals surface area (Å²) in [6.07, 6.45) is 0.660. The lowest BCUT2D eigenvalue weighted by Gasteiger charge is -2.13. The van der Waals surface area contributed by atoms with Gasteiger partial charge in [-0.05, 0) is 12.1 Å². The molecule has 0 radical (unpaired) electrons. The van der Waals surface area contributed by atoms with Crippen LogP contribution in [0.3, 0.4) is 0 Å². The van der Waals surface area contributed by atoms with E-state index in [4.69, 9.17) is 23.2 Å². The minimum atomic E-state index is 0.470. The molecule has 0 saturated carbocycles. The van der Waals surface area contributed by atoms with Gasteiger partial charge in [0.05, 0.1) is 15.7 Å². The fraction of sp³-hybridized carbons (Fsp3) is 0.125. The van der Waals surface area contributed by atoms with Crippen molar-refractivity contribution in [1.82, 2.24) is 0 Å². The summed E-state index contributed by atoms with van der Waals surface area (Å²) >= 11 is 11.6. The Hall–Kier alpha value is -0.730. The van der Waals surface area contributed by atoms with Gasteiger partial charge in [0.1, 0.15) is 0 Å². The predicted molar refractivity (Wildman–Crippen MR) is 50.9 cm³/mol. The summed E-state index contributed by atoms with van der Waals surface area (Å²) in [7, 11) is 1.60. The van der Waals surface area contributed by atoms with Crippen LogP contribution < -0.4 is 4.90 Å². The van der Waals surface area contributed by atoms with Gasteiger partial charge < -0.3 is 4.90 Å². The van der Waals surface area contributed by atoms with Crippen LogP contribution in [0.1, 0.15) is 0 Å². The molecule has 0 aliphatic heterocycles. The predicted octanol–water partition coefficient (Wildman–Crippen LogP) is 2.59. The number of amides is 1. The topological polar surface area (TPSA) is 20.3 Å². The Morgan fingerprint density at radius 3 is 2.25 bits per heavy atom. The van der Waals surface area contributed by atoms with Crippen LogP contribution in [0.15, 0.2) is 18.2 Å². The molecule has 1 aromatic rings. The van der Waals surface area contributed by atoms with Crippen LogP contribution in [0.5, 0.6) is 0 Å². The zero-order valence-corrected chi connectivity index (χ0v) is 7.93. The molecule has 12 heavy (non-hydrogen) atoms. The smallest absolute Gasteiger partial charge is 0.213 e. The van der Waals surface area contributed by atoms with Gasteiger partial charge in [-0.2, -0.15) is 0 Å². The molecule has 0 N–H and O–H groups in total. The molecule has 0 fully saturated rings. The molecule has 1 aromatic carbocycles. The van der Waals surface area contributed by atoms with Crippen molar-refractivity contribution in [3.05, 3.63) is 28.2 Å². The minimum absolute atomic E-state index is 0.470.